The molecule has 0 saturated carbocycles. The lowest BCUT2D eigenvalue weighted by molar-refractivity contribution is 0.100. The van der Waals surface area contributed by atoms with Gasteiger partial charge < -0.3 is 5.73 Å². The first-order valence-corrected chi connectivity index (χ1v) is 5.92. The van der Waals surface area contributed by atoms with Crippen LogP contribution in [0.25, 0.3) is 11.1 Å². The molecular formula is C14H13ClN2O. The molecule has 2 aromatic rings. The van der Waals surface area contributed by atoms with Gasteiger partial charge in [0.15, 0.2) is 0 Å². The van der Waals surface area contributed by atoms with Crippen molar-refractivity contribution in [1.82, 2.24) is 4.84 Å². The molecule has 0 spiro atoms. The van der Waals surface area contributed by atoms with Gasteiger partial charge in [-0.05, 0) is 34.5 Å². The summed E-state index contributed by atoms with van der Waals surface area (Å²) in [5, 5.41) is 0. The molecule has 3 N–H and O–H groups in total. The monoisotopic (exact) mass is 260 g/mol. The van der Waals surface area contributed by atoms with Crippen LogP contribution in [0.1, 0.15) is 15.9 Å². The average Bonchev–Trinajstić information content (AvgIpc) is 2.40. The molecule has 0 aliphatic rings. The van der Waals surface area contributed by atoms with E-state index >= 15 is 0 Å². The van der Waals surface area contributed by atoms with E-state index in [1.807, 2.05) is 36.4 Å². The van der Waals surface area contributed by atoms with Crippen LogP contribution in [0.4, 0.5) is 0 Å². The van der Waals surface area contributed by atoms with Crippen LogP contribution in [0.5, 0.6) is 0 Å². The average molecular weight is 261 g/mol. The molecule has 2 rings (SSSR count). The van der Waals surface area contributed by atoms with Gasteiger partial charge in [-0.1, -0.05) is 42.5 Å². The van der Waals surface area contributed by atoms with Gasteiger partial charge >= 0.3 is 0 Å². The standard InChI is InChI=1S/C14H13ClN2O/c15-17-9-10-5-7-11(8-6-10)12-3-1-2-4-13(12)14(16)18/h1-8,17H,9H2,(H2,16,18). The van der Waals surface area contributed by atoms with E-state index in [0.29, 0.717) is 12.1 Å². The van der Waals surface area contributed by atoms with Gasteiger partial charge in [-0.25, -0.2) is 4.84 Å². The highest BCUT2D eigenvalue weighted by Gasteiger charge is 2.08. The van der Waals surface area contributed by atoms with Crippen molar-refractivity contribution in [1.29, 1.82) is 0 Å². The van der Waals surface area contributed by atoms with E-state index in [-0.39, 0.29) is 0 Å². The maximum atomic E-state index is 11.4. The molecule has 4 heteroatoms. The second-order valence-corrected chi connectivity index (χ2v) is 4.18. The fraction of sp³-hybridized carbons (Fsp3) is 0.0714. The summed E-state index contributed by atoms with van der Waals surface area (Å²) in [5.74, 6) is -0.419. The third-order valence-electron chi connectivity index (χ3n) is 2.73. The Morgan fingerprint density at radius 1 is 1.11 bits per heavy atom. The number of carbonyl (C=O) groups excluding carboxylic acids is 1. The number of halogens is 1. The number of hydrogen-bond donors (Lipinski definition) is 2. The van der Waals surface area contributed by atoms with Crippen molar-refractivity contribution >= 4 is 17.7 Å². The Bertz CT molecular complexity index is 552. The summed E-state index contributed by atoms with van der Waals surface area (Å²) in [7, 11) is 0. The number of hydrogen-bond acceptors (Lipinski definition) is 2. The predicted octanol–water partition coefficient (Wildman–Crippen LogP) is 2.70. The molecular weight excluding hydrogens is 248 g/mol. The van der Waals surface area contributed by atoms with E-state index in [1.54, 1.807) is 12.1 Å². The van der Waals surface area contributed by atoms with Crippen molar-refractivity contribution in [2.75, 3.05) is 0 Å². The molecule has 3 nitrogen and oxygen atoms in total. The first kappa shape index (κ1) is 12.6. The summed E-state index contributed by atoms with van der Waals surface area (Å²) < 4.78 is 0. The van der Waals surface area contributed by atoms with Crippen molar-refractivity contribution < 1.29 is 4.79 Å². The maximum Gasteiger partial charge on any atom is 0.249 e. The third-order valence-corrected chi connectivity index (χ3v) is 2.86. The van der Waals surface area contributed by atoms with E-state index in [2.05, 4.69) is 4.84 Å². The minimum atomic E-state index is -0.419. The molecule has 0 atom stereocenters. The van der Waals surface area contributed by atoms with Gasteiger partial charge in [0.25, 0.3) is 0 Å². The van der Waals surface area contributed by atoms with Crippen LogP contribution in [0.2, 0.25) is 0 Å². The molecule has 0 fully saturated rings. The summed E-state index contributed by atoms with van der Waals surface area (Å²) in [6, 6.07) is 15.1. The van der Waals surface area contributed by atoms with E-state index in [4.69, 9.17) is 17.5 Å². The zero-order valence-electron chi connectivity index (χ0n) is 9.69. The summed E-state index contributed by atoms with van der Waals surface area (Å²) >= 11 is 5.45. The molecule has 0 aliphatic carbocycles. The lowest BCUT2D eigenvalue weighted by atomic mass is 9.98. The molecule has 0 saturated heterocycles. The predicted molar refractivity (Wildman–Crippen MR) is 73.1 cm³/mol. The highest BCUT2D eigenvalue weighted by Crippen LogP contribution is 2.23. The van der Waals surface area contributed by atoms with Crippen LogP contribution in [-0.2, 0) is 6.54 Å². The molecule has 0 radical (unpaired) electrons. The second kappa shape index (κ2) is 5.67. The van der Waals surface area contributed by atoms with E-state index < -0.39 is 5.91 Å². The van der Waals surface area contributed by atoms with Gasteiger partial charge in [-0.15, -0.1) is 0 Å². The zero-order valence-corrected chi connectivity index (χ0v) is 10.4. The van der Waals surface area contributed by atoms with Gasteiger partial charge in [0.05, 0.1) is 0 Å². The van der Waals surface area contributed by atoms with Crippen molar-refractivity contribution in [2.45, 2.75) is 6.54 Å². The summed E-state index contributed by atoms with van der Waals surface area (Å²) in [5.41, 5.74) is 8.77. The van der Waals surface area contributed by atoms with Gasteiger partial charge in [0.2, 0.25) is 5.91 Å². The molecule has 0 bridgehead atoms. The first-order valence-electron chi connectivity index (χ1n) is 5.54. The van der Waals surface area contributed by atoms with Crippen LogP contribution in [-0.4, -0.2) is 5.91 Å². The Hall–Kier alpha value is -1.84. The molecule has 92 valence electrons. The summed E-state index contributed by atoms with van der Waals surface area (Å²) in [4.78, 5) is 13.9. The minimum Gasteiger partial charge on any atom is -0.366 e. The van der Waals surface area contributed by atoms with Gasteiger partial charge in [-0.2, -0.15) is 0 Å². The normalized spacial score (nSPS) is 10.3. The fourth-order valence-corrected chi connectivity index (χ4v) is 1.98. The van der Waals surface area contributed by atoms with Crippen LogP contribution >= 0.6 is 11.8 Å². The quantitative estimate of drug-likeness (QED) is 0.831. The SMILES string of the molecule is NC(=O)c1ccccc1-c1ccc(CNCl)cc1. The zero-order chi connectivity index (χ0) is 13.0. The molecule has 0 heterocycles. The van der Waals surface area contributed by atoms with Crippen molar-refractivity contribution in [3.63, 3.8) is 0 Å². The van der Waals surface area contributed by atoms with Crippen LogP contribution in [0.3, 0.4) is 0 Å². The number of rotatable bonds is 4. The van der Waals surface area contributed by atoms with Gasteiger partial charge in [0, 0.05) is 12.1 Å². The Balaban J connectivity index is 2.39. The molecule has 2 aromatic carbocycles. The Labute approximate surface area is 111 Å². The third kappa shape index (κ3) is 2.70. The van der Waals surface area contributed by atoms with Crippen molar-refractivity contribution in [2.24, 2.45) is 5.73 Å². The van der Waals surface area contributed by atoms with Crippen LogP contribution in [0, 0.1) is 0 Å². The van der Waals surface area contributed by atoms with Crippen LogP contribution in [0.15, 0.2) is 48.5 Å². The first-order chi connectivity index (χ1) is 8.72. The van der Waals surface area contributed by atoms with E-state index in [0.717, 1.165) is 16.7 Å². The fourth-order valence-electron chi connectivity index (χ4n) is 1.83. The summed E-state index contributed by atoms with van der Waals surface area (Å²) in [6.07, 6.45) is 0. The minimum absolute atomic E-state index is 0.419. The highest BCUT2D eigenvalue weighted by molar-refractivity contribution is 6.13. The smallest absolute Gasteiger partial charge is 0.249 e. The number of nitrogens with one attached hydrogen (secondary N) is 1. The Kier molecular flexibility index (Phi) is 3.97. The van der Waals surface area contributed by atoms with Crippen molar-refractivity contribution in [3.05, 3.63) is 59.7 Å². The molecule has 0 aliphatic heterocycles. The Morgan fingerprint density at radius 3 is 2.39 bits per heavy atom. The van der Waals surface area contributed by atoms with Crippen LogP contribution < -0.4 is 10.6 Å². The maximum absolute atomic E-state index is 11.4. The van der Waals surface area contributed by atoms with E-state index in [9.17, 15) is 4.79 Å². The number of amides is 1. The number of primary amides is 1. The topological polar surface area (TPSA) is 55.1 Å². The lowest BCUT2D eigenvalue weighted by Crippen LogP contribution is -2.12. The number of carbonyl (C=O) groups is 1. The molecule has 0 aromatic heterocycles. The number of benzene rings is 2. The number of nitrogens with two attached hydrogens (primary N) is 1. The molecule has 1 amide bonds. The second-order valence-electron chi connectivity index (χ2n) is 3.92. The van der Waals surface area contributed by atoms with Gasteiger partial charge in [0.1, 0.15) is 0 Å². The molecule has 0 unspecified atom stereocenters. The molecule has 18 heavy (non-hydrogen) atoms. The summed E-state index contributed by atoms with van der Waals surface area (Å²) in [6.45, 7) is 0.597. The van der Waals surface area contributed by atoms with Crippen molar-refractivity contribution in [3.8, 4) is 11.1 Å². The van der Waals surface area contributed by atoms with E-state index in [1.165, 1.54) is 0 Å². The highest BCUT2D eigenvalue weighted by atomic mass is 35.5. The lowest BCUT2D eigenvalue weighted by Gasteiger charge is -2.07. The largest absolute Gasteiger partial charge is 0.366 e. The van der Waals surface area contributed by atoms with Gasteiger partial charge in [-0.3, -0.25) is 4.79 Å². The Morgan fingerprint density at radius 2 is 1.78 bits per heavy atom.